The Kier molecular flexibility index (Phi) is 2.68. The minimum absolute atomic E-state index is 0.848. The average Bonchev–Trinajstić information content (AvgIpc) is 2.99. The Morgan fingerprint density at radius 2 is 1.57 bits per heavy atom. The van der Waals surface area contributed by atoms with Crippen molar-refractivity contribution in [3.05, 3.63) is 66.7 Å². The minimum Gasteiger partial charge on any atom is -0.497 e. The lowest BCUT2D eigenvalue weighted by Gasteiger charge is -2.00. The standard InChI is InChI=1S/C19H14O2/c1-20-16-10-8-14(9-11-16)18-12-15-7-6-13-4-2-3-5-17(13)19(15)21-18/h2-12H,1H3. The highest BCUT2D eigenvalue weighted by Crippen LogP contribution is 2.33. The van der Waals surface area contributed by atoms with E-state index < -0.39 is 0 Å². The van der Waals surface area contributed by atoms with Crippen LogP contribution in [0.3, 0.4) is 0 Å². The highest BCUT2D eigenvalue weighted by Gasteiger charge is 2.09. The van der Waals surface area contributed by atoms with Gasteiger partial charge in [0.15, 0.2) is 0 Å². The van der Waals surface area contributed by atoms with Crippen LogP contribution in [-0.2, 0) is 0 Å². The molecule has 2 nitrogen and oxygen atoms in total. The van der Waals surface area contributed by atoms with Gasteiger partial charge in [0.2, 0.25) is 0 Å². The largest absolute Gasteiger partial charge is 0.497 e. The van der Waals surface area contributed by atoms with Crippen LogP contribution >= 0.6 is 0 Å². The number of hydrogen-bond acceptors (Lipinski definition) is 2. The van der Waals surface area contributed by atoms with Gasteiger partial charge in [0.1, 0.15) is 17.1 Å². The molecule has 21 heavy (non-hydrogen) atoms. The molecule has 0 spiro atoms. The van der Waals surface area contributed by atoms with Crippen LogP contribution in [0.25, 0.3) is 33.1 Å². The zero-order chi connectivity index (χ0) is 14.2. The van der Waals surface area contributed by atoms with Crippen molar-refractivity contribution in [2.24, 2.45) is 0 Å². The molecule has 0 atom stereocenters. The second-order valence-corrected chi connectivity index (χ2v) is 5.04. The fraction of sp³-hybridized carbons (Fsp3) is 0.0526. The Hall–Kier alpha value is -2.74. The van der Waals surface area contributed by atoms with Gasteiger partial charge in [-0.1, -0.05) is 36.4 Å². The van der Waals surface area contributed by atoms with Crippen LogP contribution in [0, 0.1) is 0 Å². The van der Waals surface area contributed by atoms with Crippen molar-refractivity contribution in [3.8, 4) is 17.1 Å². The Bertz CT molecular complexity index is 917. The summed E-state index contributed by atoms with van der Waals surface area (Å²) < 4.78 is 11.3. The first-order valence-electron chi connectivity index (χ1n) is 6.91. The summed E-state index contributed by atoms with van der Waals surface area (Å²) in [5.41, 5.74) is 2.00. The van der Waals surface area contributed by atoms with Crippen LogP contribution < -0.4 is 4.74 Å². The van der Waals surface area contributed by atoms with E-state index in [0.29, 0.717) is 0 Å². The average molecular weight is 274 g/mol. The molecule has 102 valence electrons. The molecular formula is C19H14O2. The number of fused-ring (bicyclic) bond motifs is 3. The predicted molar refractivity (Wildman–Crippen MR) is 85.7 cm³/mol. The van der Waals surface area contributed by atoms with Crippen molar-refractivity contribution in [2.45, 2.75) is 0 Å². The fourth-order valence-electron chi connectivity index (χ4n) is 2.67. The van der Waals surface area contributed by atoms with Gasteiger partial charge in [-0.15, -0.1) is 0 Å². The number of furan rings is 1. The van der Waals surface area contributed by atoms with Crippen LogP contribution in [0.1, 0.15) is 0 Å². The topological polar surface area (TPSA) is 22.4 Å². The third kappa shape index (κ3) is 1.96. The first-order valence-corrected chi connectivity index (χ1v) is 6.91. The van der Waals surface area contributed by atoms with E-state index in [1.54, 1.807) is 7.11 Å². The molecule has 2 heteroatoms. The quantitative estimate of drug-likeness (QED) is 0.497. The zero-order valence-corrected chi connectivity index (χ0v) is 11.7. The maximum Gasteiger partial charge on any atom is 0.142 e. The summed E-state index contributed by atoms with van der Waals surface area (Å²) in [7, 11) is 1.67. The number of benzene rings is 3. The SMILES string of the molecule is COc1ccc(-c2cc3ccc4ccccc4c3o2)cc1. The Morgan fingerprint density at radius 3 is 2.38 bits per heavy atom. The molecule has 1 aromatic heterocycles. The molecule has 4 rings (SSSR count). The zero-order valence-electron chi connectivity index (χ0n) is 11.7. The molecule has 0 bridgehead atoms. The van der Waals surface area contributed by atoms with E-state index in [1.165, 1.54) is 5.39 Å². The molecule has 0 saturated carbocycles. The van der Waals surface area contributed by atoms with Crippen molar-refractivity contribution >= 4 is 21.7 Å². The molecule has 1 heterocycles. The monoisotopic (exact) mass is 274 g/mol. The molecule has 3 aromatic carbocycles. The summed E-state index contributed by atoms with van der Waals surface area (Å²) in [4.78, 5) is 0. The van der Waals surface area contributed by atoms with Crippen molar-refractivity contribution < 1.29 is 9.15 Å². The van der Waals surface area contributed by atoms with Crippen LogP contribution in [0.5, 0.6) is 5.75 Å². The molecule has 0 aliphatic carbocycles. The van der Waals surface area contributed by atoms with Gasteiger partial charge >= 0.3 is 0 Å². The molecule has 0 fully saturated rings. The van der Waals surface area contributed by atoms with Gasteiger partial charge in [0.05, 0.1) is 7.11 Å². The van der Waals surface area contributed by atoms with Gasteiger partial charge in [-0.05, 0) is 35.7 Å². The lowest BCUT2D eigenvalue weighted by atomic mass is 10.1. The normalized spacial score (nSPS) is 11.1. The molecule has 0 amide bonds. The molecule has 0 saturated heterocycles. The summed E-state index contributed by atoms with van der Waals surface area (Å²) in [6, 6.07) is 22.5. The third-order valence-corrected chi connectivity index (χ3v) is 3.78. The maximum atomic E-state index is 6.10. The van der Waals surface area contributed by atoms with E-state index in [2.05, 4.69) is 30.3 Å². The molecule has 0 aliphatic rings. The summed E-state index contributed by atoms with van der Waals surface area (Å²) in [5.74, 6) is 1.73. The Morgan fingerprint density at radius 1 is 0.810 bits per heavy atom. The molecule has 0 N–H and O–H groups in total. The number of rotatable bonds is 2. The smallest absolute Gasteiger partial charge is 0.142 e. The van der Waals surface area contributed by atoms with Crippen molar-refractivity contribution in [1.29, 1.82) is 0 Å². The van der Waals surface area contributed by atoms with Gasteiger partial charge in [-0.25, -0.2) is 0 Å². The second kappa shape index (κ2) is 4.67. The predicted octanol–water partition coefficient (Wildman–Crippen LogP) is 5.26. The van der Waals surface area contributed by atoms with E-state index in [4.69, 9.17) is 9.15 Å². The summed E-state index contributed by atoms with van der Waals surface area (Å²) >= 11 is 0. The summed E-state index contributed by atoms with van der Waals surface area (Å²) in [6.45, 7) is 0. The molecule has 0 radical (unpaired) electrons. The van der Waals surface area contributed by atoms with E-state index in [9.17, 15) is 0 Å². The molecular weight excluding hydrogens is 260 g/mol. The third-order valence-electron chi connectivity index (χ3n) is 3.78. The lowest BCUT2D eigenvalue weighted by molar-refractivity contribution is 0.415. The van der Waals surface area contributed by atoms with E-state index in [-0.39, 0.29) is 0 Å². The van der Waals surface area contributed by atoms with Crippen LogP contribution in [-0.4, -0.2) is 7.11 Å². The van der Waals surface area contributed by atoms with E-state index in [0.717, 1.165) is 33.4 Å². The van der Waals surface area contributed by atoms with Gasteiger partial charge in [-0.3, -0.25) is 0 Å². The van der Waals surface area contributed by atoms with E-state index in [1.807, 2.05) is 36.4 Å². The molecule has 0 aliphatic heterocycles. The number of methoxy groups -OCH3 is 1. The minimum atomic E-state index is 0.848. The van der Waals surface area contributed by atoms with Crippen molar-refractivity contribution in [3.63, 3.8) is 0 Å². The first-order chi connectivity index (χ1) is 10.3. The van der Waals surface area contributed by atoms with Crippen molar-refractivity contribution in [2.75, 3.05) is 7.11 Å². The van der Waals surface area contributed by atoms with Crippen molar-refractivity contribution in [1.82, 2.24) is 0 Å². The van der Waals surface area contributed by atoms with Crippen LogP contribution in [0.15, 0.2) is 71.1 Å². The van der Waals surface area contributed by atoms with Gasteiger partial charge in [-0.2, -0.15) is 0 Å². The Balaban J connectivity index is 1.91. The van der Waals surface area contributed by atoms with Gasteiger partial charge < -0.3 is 9.15 Å². The maximum absolute atomic E-state index is 6.10. The summed E-state index contributed by atoms with van der Waals surface area (Å²) in [5, 5.41) is 3.47. The number of ether oxygens (including phenoxy) is 1. The van der Waals surface area contributed by atoms with Gasteiger partial charge in [0, 0.05) is 16.3 Å². The lowest BCUT2D eigenvalue weighted by Crippen LogP contribution is -1.81. The fourth-order valence-corrected chi connectivity index (χ4v) is 2.67. The van der Waals surface area contributed by atoms with Crippen LogP contribution in [0.4, 0.5) is 0 Å². The van der Waals surface area contributed by atoms with Gasteiger partial charge in [0.25, 0.3) is 0 Å². The highest BCUT2D eigenvalue weighted by molar-refractivity contribution is 6.05. The second-order valence-electron chi connectivity index (χ2n) is 5.04. The molecule has 0 unspecified atom stereocenters. The highest BCUT2D eigenvalue weighted by atomic mass is 16.5. The Labute approximate surface area is 122 Å². The van der Waals surface area contributed by atoms with E-state index >= 15 is 0 Å². The number of hydrogen-bond donors (Lipinski definition) is 0. The molecule has 4 aromatic rings. The summed E-state index contributed by atoms with van der Waals surface area (Å²) in [6.07, 6.45) is 0. The first kappa shape index (κ1) is 12.0. The van der Waals surface area contributed by atoms with Crippen LogP contribution in [0.2, 0.25) is 0 Å².